The zero-order valence-electron chi connectivity index (χ0n) is 15.1. The van der Waals surface area contributed by atoms with E-state index in [1.54, 1.807) is 11.1 Å². The maximum atomic E-state index is 12.7. The van der Waals surface area contributed by atoms with E-state index < -0.39 is 0 Å². The van der Waals surface area contributed by atoms with Crippen molar-refractivity contribution in [1.29, 1.82) is 0 Å². The van der Waals surface area contributed by atoms with Crippen LogP contribution in [-0.2, 0) is 17.7 Å². The summed E-state index contributed by atoms with van der Waals surface area (Å²) < 4.78 is 5.36. The fourth-order valence-electron chi connectivity index (χ4n) is 3.64. The minimum atomic E-state index is -0.134. The molecule has 1 saturated heterocycles. The molecule has 0 aliphatic carbocycles. The van der Waals surface area contributed by atoms with Crippen molar-refractivity contribution in [3.63, 3.8) is 0 Å². The van der Waals surface area contributed by atoms with Crippen LogP contribution in [0.1, 0.15) is 38.4 Å². The molecule has 3 heterocycles. The lowest BCUT2D eigenvalue weighted by atomic mass is 9.93. The first-order chi connectivity index (χ1) is 13.2. The summed E-state index contributed by atoms with van der Waals surface area (Å²) in [6.45, 7) is 3.16. The molecular weight excluding hydrogens is 344 g/mol. The Morgan fingerprint density at radius 3 is 3.00 bits per heavy atom. The Hall–Kier alpha value is -2.80. The molecule has 7 heteroatoms. The van der Waals surface area contributed by atoms with E-state index in [9.17, 15) is 9.59 Å². The Kier molecular flexibility index (Phi) is 5.11. The van der Waals surface area contributed by atoms with E-state index in [0.717, 1.165) is 24.2 Å². The van der Waals surface area contributed by atoms with Gasteiger partial charge in [-0.1, -0.05) is 12.1 Å². The van der Waals surface area contributed by atoms with Gasteiger partial charge in [0.2, 0.25) is 0 Å². The molecular formula is C20H22N4O3. The van der Waals surface area contributed by atoms with Crippen LogP contribution in [0, 0.1) is 5.92 Å². The summed E-state index contributed by atoms with van der Waals surface area (Å²) in [6.07, 6.45) is 6.19. The van der Waals surface area contributed by atoms with Gasteiger partial charge in [-0.2, -0.15) is 0 Å². The molecule has 1 aromatic carbocycles. The number of amides is 2. The fraction of sp³-hybridized carbons (Fsp3) is 0.400. The summed E-state index contributed by atoms with van der Waals surface area (Å²) in [4.78, 5) is 35.1. The normalized spacial score (nSPS) is 18.8. The highest BCUT2D eigenvalue weighted by atomic mass is 16.5. The second kappa shape index (κ2) is 7.84. The minimum absolute atomic E-state index is 0.0487. The lowest BCUT2D eigenvalue weighted by Crippen LogP contribution is -2.38. The number of nitrogens with zero attached hydrogens (tertiary/aromatic N) is 3. The molecule has 27 heavy (non-hydrogen) atoms. The van der Waals surface area contributed by atoms with Gasteiger partial charge in [-0.15, -0.1) is 0 Å². The molecule has 1 atom stereocenters. The Balaban J connectivity index is 1.46. The van der Waals surface area contributed by atoms with Crippen molar-refractivity contribution in [2.24, 2.45) is 5.92 Å². The molecule has 2 aliphatic heterocycles. The fourth-order valence-corrected chi connectivity index (χ4v) is 3.64. The monoisotopic (exact) mass is 366 g/mol. The molecule has 1 unspecified atom stereocenters. The second-order valence-electron chi connectivity index (χ2n) is 6.95. The van der Waals surface area contributed by atoms with Gasteiger partial charge in [0.15, 0.2) is 0 Å². The van der Waals surface area contributed by atoms with Gasteiger partial charge in [0.05, 0.1) is 12.8 Å². The van der Waals surface area contributed by atoms with E-state index in [-0.39, 0.29) is 11.8 Å². The summed E-state index contributed by atoms with van der Waals surface area (Å²) in [7, 11) is 0. The zero-order chi connectivity index (χ0) is 18.6. The number of hydrogen-bond acceptors (Lipinski definition) is 5. The molecule has 0 bridgehead atoms. The van der Waals surface area contributed by atoms with Crippen LogP contribution < -0.4 is 5.32 Å². The third-order valence-electron chi connectivity index (χ3n) is 5.16. The highest BCUT2D eigenvalue weighted by molar-refractivity contribution is 5.96. The zero-order valence-corrected chi connectivity index (χ0v) is 15.1. The third-order valence-corrected chi connectivity index (χ3v) is 5.16. The number of carbonyl (C=O) groups is 2. The van der Waals surface area contributed by atoms with Crippen LogP contribution in [0.15, 0.2) is 36.8 Å². The lowest BCUT2D eigenvalue weighted by Gasteiger charge is -2.29. The van der Waals surface area contributed by atoms with Gasteiger partial charge in [-0.3, -0.25) is 14.6 Å². The van der Waals surface area contributed by atoms with Crippen molar-refractivity contribution in [2.75, 3.05) is 26.3 Å². The standard InChI is InChI=1S/C20H22N4O3/c25-19(23-10-14-5-9-27-13-14)17-3-1-2-15-12-24(8-4-16(15)17)20(26)18-11-21-6-7-22-18/h1-3,6-7,11,14H,4-5,8-10,12-13H2,(H,23,25). The number of nitrogens with one attached hydrogen (secondary N) is 1. The molecule has 0 spiro atoms. The van der Waals surface area contributed by atoms with Crippen LogP contribution in [0.3, 0.4) is 0 Å². The highest BCUT2D eigenvalue weighted by Crippen LogP contribution is 2.24. The first-order valence-corrected chi connectivity index (χ1v) is 9.24. The largest absolute Gasteiger partial charge is 0.381 e. The first kappa shape index (κ1) is 17.6. The minimum Gasteiger partial charge on any atom is -0.381 e. The summed E-state index contributed by atoms with van der Waals surface area (Å²) in [6, 6.07) is 5.72. The number of benzene rings is 1. The molecule has 1 fully saturated rings. The number of ether oxygens (including phenoxy) is 1. The number of carbonyl (C=O) groups excluding carboxylic acids is 2. The molecule has 7 nitrogen and oxygen atoms in total. The van der Waals surface area contributed by atoms with Crippen molar-refractivity contribution in [2.45, 2.75) is 19.4 Å². The van der Waals surface area contributed by atoms with Gasteiger partial charge in [-0.25, -0.2) is 4.98 Å². The van der Waals surface area contributed by atoms with Gasteiger partial charge in [0.1, 0.15) is 5.69 Å². The summed E-state index contributed by atoms with van der Waals surface area (Å²) in [5, 5.41) is 3.03. The Labute approximate surface area is 157 Å². The molecule has 0 radical (unpaired) electrons. The topological polar surface area (TPSA) is 84.4 Å². The quantitative estimate of drug-likeness (QED) is 0.885. The van der Waals surface area contributed by atoms with Crippen molar-refractivity contribution in [1.82, 2.24) is 20.2 Å². The van der Waals surface area contributed by atoms with Crippen molar-refractivity contribution in [3.05, 3.63) is 59.2 Å². The van der Waals surface area contributed by atoms with Crippen molar-refractivity contribution in [3.8, 4) is 0 Å². The Morgan fingerprint density at radius 1 is 1.30 bits per heavy atom. The maximum absolute atomic E-state index is 12.7. The van der Waals surface area contributed by atoms with Crippen LogP contribution in [0.5, 0.6) is 0 Å². The molecule has 1 aromatic heterocycles. The average molecular weight is 366 g/mol. The first-order valence-electron chi connectivity index (χ1n) is 9.24. The van der Waals surface area contributed by atoms with E-state index in [0.29, 0.717) is 49.8 Å². The summed E-state index contributed by atoms with van der Waals surface area (Å²) in [5.41, 5.74) is 3.09. The third kappa shape index (κ3) is 3.83. The van der Waals surface area contributed by atoms with Crippen LogP contribution in [0.2, 0.25) is 0 Å². The maximum Gasteiger partial charge on any atom is 0.274 e. The molecule has 2 aromatic rings. The molecule has 4 rings (SSSR count). The molecule has 2 aliphatic rings. The Bertz CT molecular complexity index is 834. The van der Waals surface area contributed by atoms with E-state index in [4.69, 9.17) is 4.74 Å². The molecule has 1 N–H and O–H groups in total. The molecule has 2 amide bonds. The number of hydrogen-bond donors (Lipinski definition) is 1. The van der Waals surface area contributed by atoms with Gasteiger partial charge >= 0.3 is 0 Å². The Morgan fingerprint density at radius 2 is 2.22 bits per heavy atom. The smallest absolute Gasteiger partial charge is 0.274 e. The van der Waals surface area contributed by atoms with Crippen LogP contribution in [0.25, 0.3) is 0 Å². The van der Waals surface area contributed by atoms with E-state index in [2.05, 4.69) is 15.3 Å². The van der Waals surface area contributed by atoms with Crippen LogP contribution in [0.4, 0.5) is 0 Å². The number of aromatic nitrogens is 2. The van der Waals surface area contributed by atoms with Crippen LogP contribution >= 0.6 is 0 Å². The van der Waals surface area contributed by atoms with E-state index >= 15 is 0 Å². The summed E-state index contributed by atoms with van der Waals surface area (Å²) in [5.74, 6) is 0.214. The van der Waals surface area contributed by atoms with E-state index in [1.165, 1.54) is 12.4 Å². The number of fused-ring (bicyclic) bond motifs is 1. The predicted molar refractivity (Wildman–Crippen MR) is 98.2 cm³/mol. The highest BCUT2D eigenvalue weighted by Gasteiger charge is 2.26. The molecule has 140 valence electrons. The second-order valence-corrected chi connectivity index (χ2v) is 6.95. The predicted octanol–water partition coefficient (Wildman–Crippen LogP) is 1.44. The van der Waals surface area contributed by atoms with Crippen molar-refractivity contribution < 1.29 is 14.3 Å². The average Bonchev–Trinajstić information content (AvgIpc) is 3.25. The number of rotatable bonds is 4. The molecule has 0 saturated carbocycles. The van der Waals surface area contributed by atoms with Gasteiger partial charge in [0, 0.05) is 50.1 Å². The van der Waals surface area contributed by atoms with Gasteiger partial charge in [-0.05, 0) is 30.0 Å². The van der Waals surface area contributed by atoms with Gasteiger partial charge < -0.3 is 15.0 Å². The SMILES string of the molecule is O=C(NCC1CCOC1)c1cccc2c1CCN(C(=O)c1cnccn1)C2. The van der Waals surface area contributed by atoms with Gasteiger partial charge in [0.25, 0.3) is 11.8 Å². The lowest BCUT2D eigenvalue weighted by molar-refractivity contribution is 0.0728. The summed E-state index contributed by atoms with van der Waals surface area (Å²) >= 11 is 0. The van der Waals surface area contributed by atoms with E-state index in [1.807, 2.05) is 18.2 Å². The van der Waals surface area contributed by atoms with Crippen molar-refractivity contribution >= 4 is 11.8 Å². The van der Waals surface area contributed by atoms with Crippen LogP contribution in [-0.4, -0.2) is 53.0 Å².